The van der Waals surface area contributed by atoms with Crippen LogP contribution in [0.1, 0.15) is 29.7 Å². The first-order valence-electron chi connectivity index (χ1n) is 6.44. The van der Waals surface area contributed by atoms with Crippen molar-refractivity contribution in [1.82, 2.24) is 0 Å². The molecule has 0 aliphatic rings. The number of aliphatic hydroxyl groups is 1. The summed E-state index contributed by atoms with van der Waals surface area (Å²) >= 11 is 0. The van der Waals surface area contributed by atoms with Crippen molar-refractivity contribution in [3.63, 3.8) is 0 Å². The number of benzene rings is 2. The number of aliphatic hydroxyl groups excluding tert-OH is 1. The molecule has 0 fully saturated rings. The summed E-state index contributed by atoms with van der Waals surface area (Å²) in [6.07, 6.45) is -5.07. The second-order valence-electron chi connectivity index (χ2n) is 4.70. The molecule has 0 bridgehead atoms. The maximum absolute atomic E-state index is 12.6. The van der Waals surface area contributed by atoms with Crippen LogP contribution in [0.2, 0.25) is 0 Å². The lowest BCUT2D eigenvalue weighted by Crippen LogP contribution is -2.06. The maximum Gasteiger partial charge on any atom is 0.416 e. The molecule has 1 atom stereocenters. The third-order valence-electron chi connectivity index (χ3n) is 3.02. The van der Waals surface area contributed by atoms with Crippen LogP contribution in [0.25, 0.3) is 0 Å². The van der Waals surface area contributed by atoms with E-state index in [1.54, 1.807) is 37.3 Å². The average Bonchev–Trinajstić information content (AvgIpc) is 2.45. The summed E-state index contributed by atoms with van der Waals surface area (Å²) in [7, 11) is 0. The van der Waals surface area contributed by atoms with Crippen LogP contribution < -0.4 is 4.74 Å². The molecule has 112 valence electrons. The van der Waals surface area contributed by atoms with E-state index in [0.29, 0.717) is 16.9 Å². The summed E-state index contributed by atoms with van der Waals surface area (Å²) in [5.74, 6) is 0.463. The Morgan fingerprint density at radius 1 is 1.10 bits per heavy atom. The summed E-state index contributed by atoms with van der Waals surface area (Å²) in [4.78, 5) is 0. The Kier molecular flexibility index (Phi) is 4.53. The molecule has 0 unspecified atom stereocenters. The van der Waals surface area contributed by atoms with Gasteiger partial charge in [-0.1, -0.05) is 30.3 Å². The number of alkyl halides is 3. The van der Waals surface area contributed by atoms with Gasteiger partial charge in [-0.15, -0.1) is 0 Å². The molecule has 0 aliphatic carbocycles. The van der Waals surface area contributed by atoms with Crippen molar-refractivity contribution in [2.45, 2.75) is 25.8 Å². The fourth-order valence-corrected chi connectivity index (χ4v) is 1.96. The first-order valence-corrected chi connectivity index (χ1v) is 6.44. The smallest absolute Gasteiger partial charge is 0.416 e. The van der Waals surface area contributed by atoms with Crippen LogP contribution in [0.4, 0.5) is 13.2 Å². The molecule has 5 heteroatoms. The Morgan fingerprint density at radius 3 is 2.48 bits per heavy atom. The Morgan fingerprint density at radius 2 is 1.81 bits per heavy atom. The molecule has 1 N–H and O–H groups in total. The monoisotopic (exact) mass is 296 g/mol. The van der Waals surface area contributed by atoms with Crippen LogP contribution in [0.3, 0.4) is 0 Å². The highest BCUT2D eigenvalue weighted by atomic mass is 19.4. The Bertz CT molecular complexity index is 606. The normalized spacial score (nSPS) is 13.0. The summed E-state index contributed by atoms with van der Waals surface area (Å²) < 4.78 is 43.4. The minimum absolute atomic E-state index is 0.00759. The van der Waals surface area contributed by atoms with E-state index in [-0.39, 0.29) is 6.61 Å². The fraction of sp³-hybridized carbons (Fsp3) is 0.250. The van der Waals surface area contributed by atoms with Crippen molar-refractivity contribution in [1.29, 1.82) is 0 Å². The lowest BCUT2D eigenvalue weighted by atomic mass is 10.1. The minimum atomic E-state index is -4.37. The average molecular weight is 296 g/mol. The van der Waals surface area contributed by atoms with E-state index in [4.69, 9.17) is 4.74 Å². The topological polar surface area (TPSA) is 29.5 Å². The lowest BCUT2D eigenvalue weighted by molar-refractivity contribution is -0.137. The van der Waals surface area contributed by atoms with Crippen molar-refractivity contribution in [3.05, 3.63) is 65.2 Å². The van der Waals surface area contributed by atoms with Gasteiger partial charge in [0.1, 0.15) is 12.4 Å². The lowest BCUT2D eigenvalue weighted by Gasteiger charge is -2.14. The van der Waals surface area contributed by atoms with Crippen molar-refractivity contribution in [3.8, 4) is 5.75 Å². The van der Waals surface area contributed by atoms with Gasteiger partial charge in [0, 0.05) is 5.56 Å². The van der Waals surface area contributed by atoms with Gasteiger partial charge < -0.3 is 9.84 Å². The van der Waals surface area contributed by atoms with Gasteiger partial charge in [-0.25, -0.2) is 0 Å². The molecule has 0 heterocycles. The second-order valence-corrected chi connectivity index (χ2v) is 4.70. The van der Waals surface area contributed by atoms with E-state index in [9.17, 15) is 18.3 Å². The molecule has 2 nitrogen and oxygen atoms in total. The van der Waals surface area contributed by atoms with Gasteiger partial charge in [0.05, 0.1) is 11.7 Å². The zero-order chi connectivity index (χ0) is 15.5. The predicted molar refractivity (Wildman–Crippen MR) is 72.9 cm³/mol. The minimum Gasteiger partial charge on any atom is -0.489 e. The third kappa shape index (κ3) is 3.98. The molecule has 0 radical (unpaired) electrons. The van der Waals surface area contributed by atoms with E-state index in [2.05, 4.69) is 0 Å². The van der Waals surface area contributed by atoms with Crippen molar-refractivity contribution >= 4 is 0 Å². The molecule has 0 saturated carbocycles. The van der Waals surface area contributed by atoms with Gasteiger partial charge >= 0.3 is 6.18 Å². The molecule has 2 rings (SSSR count). The quantitative estimate of drug-likeness (QED) is 0.909. The molecule has 21 heavy (non-hydrogen) atoms. The zero-order valence-corrected chi connectivity index (χ0v) is 11.4. The largest absolute Gasteiger partial charge is 0.489 e. The third-order valence-corrected chi connectivity index (χ3v) is 3.02. The van der Waals surface area contributed by atoms with Gasteiger partial charge in [0.15, 0.2) is 0 Å². The van der Waals surface area contributed by atoms with Crippen LogP contribution in [-0.2, 0) is 12.8 Å². The van der Waals surface area contributed by atoms with Gasteiger partial charge in [-0.3, -0.25) is 0 Å². The molecule has 0 amide bonds. The van der Waals surface area contributed by atoms with E-state index in [1.807, 2.05) is 0 Å². The fourth-order valence-electron chi connectivity index (χ4n) is 1.96. The van der Waals surface area contributed by atoms with Crippen molar-refractivity contribution in [2.75, 3.05) is 0 Å². The number of rotatable bonds is 4. The highest BCUT2D eigenvalue weighted by Gasteiger charge is 2.30. The molecule has 2 aromatic rings. The standard InChI is InChI=1S/C16H15F3O2/c1-11(20)14-7-2-3-8-15(14)21-10-12-5-4-6-13(9-12)16(17,18)19/h2-9,11,20H,10H2,1H3/t11-/m1/s1. The zero-order valence-electron chi connectivity index (χ0n) is 11.4. The summed E-state index contributed by atoms with van der Waals surface area (Å²) in [6, 6.07) is 11.9. The van der Waals surface area contributed by atoms with Gasteiger partial charge in [-0.05, 0) is 30.7 Å². The Hall–Kier alpha value is -2.01. The van der Waals surface area contributed by atoms with E-state index in [0.717, 1.165) is 12.1 Å². The van der Waals surface area contributed by atoms with Crippen LogP contribution in [0.15, 0.2) is 48.5 Å². The predicted octanol–water partition coefficient (Wildman–Crippen LogP) is 4.34. The van der Waals surface area contributed by atoms with E-state index < -0.39 is 17.8 Å². The van der Waals surface area contributed by atoms with Crippen LogP contribution in [-0.4, -0.2) is 5.11 Å². The highest BCUT2D eigenvalue weighted by Crippen LogP contribution is 2.30. The molecular weight excluding hydrogens is 281 g/mol. The number of hydrogen-bond acceptors (Lipinski definition) is 2. The van der Waals surface area contributed by atoms with Crippen LogP contribution >= 0.6 is 0 Å². The van der Waals surface area contributed by atoms with E-state index >= 15 is 0 Å². The summed E-state index contributed by atoms with van der Waals surface area (Å²) in [5, 5.41) is 9.62. The summed E-state index contributed by atoms with van der Waals surface area (Å²) in [6.45, 7) is 1.61. The molecule has 0 spiro atoms. The first kappa shape index (κ1) is 15.4. The maximum atomic E-state index is 12.6. The van der Waals surface area contributed by atoms with Crippen molar-refractivity contribution in [2.24, 2.45) is 0 Å². The number of ether oxygens (including phenoxy) is 1. The van der Waals surface area contributed by atoms with Crippen LogP contribution in [0.5, 0.6) is 5.75 Å². The number of halogens is 3. The van der Waals surface area contributed by atoms with Gasteiger partial charge in [0.2, 0.25) is 0 Å². The molecule has 2 aromatic carbocycles. The molecule has 0 saturated heterocycles. The molecule has 0 aromatic heterocycles. The SMILES string of the molecule is C[C@@H](O)c1ccccc1OCc1cccc(C(F)(F)F)c1. The van der Waals surface area contributed by atoms with E-state index in [1.165, 1.54) is 6.07 Å². The number of para-hydroxylation sites is 1. The molecule has 0 aliphatic heterocycles. The second kappa shape index (κ2) is 6.18. The Labute approximate surface area is 120 Å². The van der Waals surface area contributed by atoms with Crippen molar-refractivity contribution < 1.29 is 23.0 Å². The summed E-state index contributed by atoms with van der Waals surface area (Å²) in [5.41, 5.74) is 0.321. The molecular formula is C16H15F3O2. The Balaban J connectivity index is 2.14. The van der Waals surface area contributed by atoms with Gasteiger partial charge in [-0.2, -0.15) is 13.2 Å². The number of hydrogen-bond donors (Lipinski definition) is 1. The van der Waals surface area contributed by atoms with Crippen LogP contribution in [0, 0.1) is 0 Å². The van der Waals surface area contributed by atoms with Gasteiger partial charge in [0.25, 0.3) is 0 Å². The highest BCUT2D eigenvalue weighted by molar-refractivity contribution is 5.35. The first-order chi connectivity index (χ1) is 9.88.